The molecule has 1 aliphatic carbocycles. The van der Waals surface area contributed by atoms with Gasteiger partial charge in [-0.2, -0.15) is 0 Å². The van der Waals surface area contributed by atoms with Crippen LogP contribution in [0.5, 0.6) is 0 Å². The lowest BCUT2D eigenvalue weighted by molar-refractivity contribution is -0.135. The molecule has 6 heteroatoms. The van der Waals surface area contributed by atoms with E-state index in [1.165, 1.54) is 4.57 Å². The molecule has 1 unspecified atom stereocenters. The molecular formula is C16H21N3O3. The Balaban J connectivity index is 1.65. The van der Waals surface area contributed by atoms with Crippen molar-refractivity contribution in [2.24, 2.45) is 18.9 Å². The van der Waals surface area contributed by atoms with Crippen LogP contribution in [0, 0.1) is 11.8 Å². The van der Waals surface area contributed by atoms with E-state index in [1.807, 2.05) is 4.90 Å². The Morgan fingerprint density at radius 2 is 2.00 bits per heavy atom. The van der Waals surface area contributed by atoms with E-state index in [9.17, 15) is 14.4 Å². The van der Waals surface area contributed by atoms with Gasteiger partial charge in [-0.1, -0.05) is 0 Å². The fourth-order valence-corrected chi connectivity index (χ4v) is 2.91. The molecule has 0 spiro atoms. The summed E-state index contributed by atoms with van der Waals surface area (Å²) in [5.74, 6) is -0.0330. The first-order valence-corrected chi connectivity index (χ1v) is 7.81. The number of carbonyl (C=O) groups excluding carboxylic acids is 2. The highest BCUT2D eigenvalue weighted by Crippen LogP contribution is 2.32. The first-order chi connectivity index (χ1) is 10.6. The summed E-state index contributed by atoms with van der Waals surface area (Å²) >= 11 is 0. The Morgan fingerprint density at radius 3 is 2.73 bits per heavy atom. The van der Waals surface area contributed by atoms with Crippen LogP contribution in [-0.2, 0) is 16.6 Å². The van der Waals surface area contributed by atoms with Gasteiger partial charge in [-0.3, -0.25) is 14.4 Å². The minimum absolute atomic E-state index is 0.170. The van der Waals surface area contributed by atoms with Gasteiger partial charge in [-0.05, 0) is 37.8 Å². The summed E-state index contributed by atoms with van der Waals surface area (Å²) in [5.41, 5.74) is 0.0678. The van der Waals surface area contributed by atoms with Crippen molar-refractivity contribution in [2.45, 2.75) is 25.7 Å². The summed E-state index contributed by atoms with van der Waals surface area (Å²) in [6, 6.07) is 3.33. The first-order valence-electron chi connectivity index (χ1n) is 7.81. The van der Waals surface area contributed by atoms with E-state index >= 15 is 0 Å². The number of nitrogens with one attached hydrogen (secondary N) is 1. The maximum absolute atomic E-state index is 12.4. The fraction of sp³-hybridized carbons (Fsp3) is 0.562. The van der Waals surface area contributed by atoms with Crippen LogP contribution in [0.2, 0.25) is 0 Å². The van der Waals surface area contributed by atoms with Gasteiger partial charge in [-0.15, -0.1) is 0 Å². The van der Waals surface area contributed by atoms with Crippen LogP contribution in [0.1, 0.15) is 25.7 Å². The Kier molecular flexibility index (Phi) is 4.00. The molecule has 1 saturated carbocycles. The SMILES string of the molecule is Cn1cccc(NC(=O)C2CCCN(C(=O)C3CC3)C2)c1=O. The van der Waals surface area contributed by atoms with Crippen molar-refractivity contribution in [1.82, 2.24) is 9.47 Å². The lowest BCUT2D eigenvalue weighted by atomic mass is 9.96. The minimum atomic E-state index is -0.235. The third kappa shape index (κ3) is 3.05. The number of aryl methyl sites for hydroxylation is 1. The van der Waals surface area contributed by atoms with E-state index in [0.717, 1.165) is 32.2 Å². The van der Waals surface area contributed by atoms with Crippen molar-refractivity contribution < 1.29 is 9.59 Å². The van der Waals surface area contributed by atoms with Gasteiger partial charge in [0, 0.05) is 32.3 Å². The standard InChI is InChI=1S/C16H21N3O3/c1-18-8-3-5-13(16(18)22)17-14(20)12-4-2-9-19(10-12)15(21)11-6-7-11/h3,5,8,11-12H,2,4,6-7,9-10H2,1H3,(H,17,20). The van der Waals surface area contributed by atoms with Gasteiger partial charge in [0.25, 0.3) is 5.56 Å². The third-order valence-electron chi connectivity index (χ3n) is 4.41. The molecule has 2 amide bonds. The number of pyridine rings is 1. The number of anilines is 1. The molecule has 22 heavy (non-hydrogen) atoms. The molecule has 1 saturated heterocycles. The van der Waals surface area contributed by atoms with Crippen LogP contribution in [-0.4, -0.2) is 34.4 Å². The van der Waals surface area contributed by atoms with Crippen LogP contribution in [0.4, 0.5) is 5.69 Å². The average Bonchev–Trinajstić information content (AvgIpc) is 3.36. The number of piperidine rings is 1. The van der Waals surface area contributed by atoms with Gasteiger partial charge in [0.15, 0.2) is 0 Å². The molecule has 1 atom stereocenters. The number of hydrogen-bond donors (Lipinski definition) is 1. The molecule has 1 aromatic rings. The highest BCUT2D eigenvalue weighted by atomic mass is 16.2. The molecule has 2 heterocycles. The topological polar surface area (TPSA) is 71.4 Å². The Morgan fingerprint density at radius 1 is 1.23 bits per heavy atom. The number of aromatic nitrogens is 1. The van der Waals surface area contributed by atoms with E-state index in [-0.39, 0.29) is 29.2 Å². The minimum Gasteiger partial charge on any atom is -0.342 e. The van der Waals surface area contributed by atoms with Gasteiger partial charge in [0.05, 0.1) is 5.92 Å². The van der Waals surface area contributed by atoms with Crippen molar-refractivity contribution >= 4 is 17.5 Å². The predicted octanol–water partition coefficient (Wildman–Crippen LogP) is 0.972. The molecule has 0 bridgehead atoms. The van der Waals surface area contributed by atoms with Crippen molar-refractivity contribution in [1.29, 1.82) is 0 Å². The predicted molar refractivity (Wildman–Crippen MR) is 82.3 cm³/mol. The Hall–Kier alpha value is -2.11. The van der Waals surface area contributed by atoms with Crippen molar-refractivity contribution in [3.05, 3.63) is 28.7 Å². The second-order valence-electron chi connectivity index (χ2n) is 6.22. The molecular weight excluding hydrogens is 282 g/mol. The lowest BCUT2D eigenvalue weighted by Crippen LogP contribution is -2.44. The second-order valence-corrected chi connectivity index (χ2v) is 6.22. The number of amides is 2. The number of likely N-dealkylation sites (tertiary alicyclic amines) is 1. The van der Waals surface area contributed by atoms with E-state index in [2.05, 4.69) is 5.32 Å². The second kappa shape index (κ2) is 5.94. The smallest absolute Gasteiger partial charge is 0.274 e. The van der Waals surface area contributed by atoms with Crippen LogP contribution < -0.4 is 10.9 Å². The maximum Gasteiger partial charge on any atom is 0.274 e. The average molecular weight is 303 g/mol. The number of nitrogens with zero attached hydrogens (tertiary/aromatic N) is 2. The monoisotopic (exact) mass is 303 g/mol. The molecule has 2 aliphatic rings. The van der Waals surface area contributed by atoms with Gasteiger partial charge < -0.3 is 14.8 Å². The number of rotatable bonds is 3. The molecule has 0 radical (unpaired) electrons. The molecule has 1 aromatic heterocycles. The van der Waals surface area contributed by atoms with Gasteiger partial charge in [0.1, 0.15) is 5.69 Å². The Labute approximate surface area is 129 Å². The zero-order valence-corrected chi connectivity index (χ0v) is 12.7. The Bertz CT molecular complexity index is 648. The lowest BCUT2D eigenvalue weighted by Gasteiger charge is -2.32. The van der Waals surface area contributed by atoms with Crippen LogP contribution in [0.3, 0.4) is 0 Å². The maximum atomic E-state index is 12.4. The van der Waals surface area contributed by atoms with Crippen LogP contribution in [0.25, 0.3) is 0 Å². The molecule has 6 nitrogen and oxygen atoms in total. The quantitative estimate of drug-likeness (QED) is 0.904. The van der Waals surface area contributed by atoms with E-state index in [1.54, 1.807) is 25.4 Å². The summed E-state index contributed by atoms with van der Waals surface area (Å²) in [6.07, 6.45) is 5.20. The van der Waals surface area contributed by atoms with E-state index in [0.29, 0.717) is 12.2 Å². The van der Waals surface area contributed by atoms with E-state index < -0.39 is 0 Å². The molecule has 3 rings (SSSR count). The highest BCUT2D eigenvalue weighted by Gasteiger charge is 2.36. The molecule has 1 N–H and O–H groups in total. The normalized spacial score (nSPS) is 21.5. The van der Waals surface area contributed by atoms with E-state index in [4.69, 9.17) is 0 Å². The van der Waals surface area contributed by atoms with Crippen molar-refractivity contribution in [2.75, 3.05) is 18.4 Å². The third-order valence-corrected chi connectivity index (χ3v) is 4.41. The summed E-state index contributed by atoms with van der Waals surface area (Å²) in [6.45, 7) is 1.21. The zero-order valence-electron chi connectivity index (χ0n) is 12.7. The molecule has 118 valence electrons. The summed E-state index contributed by atoms with van der Waals surface area (Å²) in [4.78, 5) is 38.3. The van der Waals surface area contributed by atoms with Gasteiger partial charge in [0.2, 0.25) is 11.8 Å². The number of hydrogen-bond acceptors (Lipinski definition) is 3. The fourth-order valence-electron chi connectivity index (χ4n) is 2.91. The summed E-state index contributed by atoms with van der Waals surface area (Å²) in [7, 11) is 1.65. The summed E-state index contributed by atoms with van der Waals surface area (Å²) < 4.78 is 1.43. The summed E-state index contributed by atoms with van der Waals surface area (Å²) in [5, 5.41) is 2.71. The molecule has 1 aliphatic heterocycles. The number of carbonyl (C=O) groups is 2. The molecule has 2 fully saturated rings. The molecule has 0 aromatic carbocycles. The largest absolute Gasteiger partial charge is 0.342 e. The van der Waals surface area contributed by atoms with Crippen LogP contribution in [0.15, 0.2) is 23.1 Å². The van der Waals surface area contributed by atoms with Gasteiger partial charge in [-0.25, -0.2) is 0 Å². The van der Waals surface area contributed by atoms with Crippen molar-refractivity contribution in [3.63, 3.8) is 0 Å². The zero-order chi connectivity index (χ0) is 15.7. The van der Waals surface area contributed by atoms with Crippen LogP contribution >= 0.6 is 0 Å². The van der Waals surface area contributed by atoms with Crippen molar-refractivity contribution in [3.8, 4) is 0 Å². The first kappa shape index (κ1) is 14.8. The van der Waals surface area contributed by atoms with Gasteiger partial charge >= 0.3 is 0 Å². The highest BCUT2D eigenvalue weighted by molar-refractivity contribution is 5.93.